The fourth-order valence-electron chi connectivity index (χ4n) is 4.18. The molecule has 4 rings (SSSR count). The number of rotatable bonds is 6. The summed E-state index contributed by atoms with van der Waals surface area (Å²) in [6.07, 6.45) is 2.81. The van der Waals surface area contributed by atoms with E-state index in [0.717, 1.165) is 31.5 Å². The first-order chi connectivity index (χ1) is 15.8. The number of nitro groups is 1. The lowest BCUT2D eigenvalue weighted by Crippen LogP contribution is -2.34. The first-order valence-corrected chi connectivity index (χ1v) is 11.0. The van der Waals surface area contributed by atoms with Crippen LogP contribution in [0.4, 0.5) is 17.1 Å². The highest BCUT2D eigenvalue weighted by Crippen LogP contribution is 2.30. The summed E-state index contributed by atoms with van der Waals surface area (Å²) in [4.78, 5) is 49.7. The van der Waals surface area contributed by atoms with E-state index < -0.39 is 17.5 Å². The van der Waals surface area contributed by atoms with Crippen molar-refractivity contribution >= 4 is 34.7 Å². The third-order valence-electron chi connectivity index (χ3n) is 6.19. The number of piperidine rings is 1. The molecule has 1 fully saturated rings. The Kier molecular flexibility index (Phi) is 6.39. The van der Waals surface area contributed by atoms with Gasteiger partial charge in [-0.15, -0.1) is 0 Å². The number of non-ortho nitro benzene ring substituents is 1. The molecular weight excluding hydrogens is 426 g/mol. The van der Waals surface area contributed by atoms with Crippen molar-refractivity contribution in [2.45, 2.75) is 32.6 Å². The zero-order valence-corrected chi connectivity index (χ0v) is 18.3. The standard InChI is InChI=1S/C24H25N3O6/c1-15-8-10-26(11-9-15)21-6-4-18(27(31)32)13-19(21)24(30)33-14-22(28)17-2-5-20-16(12-17)3-7-23(29)25-20/h2,4-6,12-13,15H,3,7-11,14H2,1H3,(H,25,29). The molecule has 2 aliphatic heterocycles. The number of hydrogen-bond donors (Lipinski definition) is 1. The van der Waals surface area contributed by atoms with Gasteiger partial charge in [-0.3, -0.25) is 19.7 Å². The van der Waals surface area contributed by atoms with Crippen LogP contribution in [-0.2, 0) is 16.0 Å². The zero-order chi connectivity index (χ0) is 23.5. The SMILES string of the molecule is CC1CCN(c2ccc([N+](=O)[O-])cc2C(=O)OCC(=O)c2ccc3c(c2)CCC(=O)N3)CC1. The van der Waals surface area contributed by atoms with Crippen LogP contribution in [0.3, 0.4) is 0 Å². The quantitative estimate of drug-likeness (QED) is 0.307. The van der Waals surface area contributed by atoms with Crippen molar-refractivity contribution in [1.29, 1.82) is 0 Å². The zero-order valence-electron chi connectivity index (χ0n) is 18.3. The number of Topliss-reactive ketones (excluding diaryl/α,β-unsaturated/α-hetero) is 1. The normalized spacial score (nSPS) is 16.0. The molecule has 0 spiro atoms. The maximum Gasteiger partial charge on any atom is 0.340 e. The number of ketones is 1. The smallest absolute Gasteiger partial charge is 0.340 e. The molecule has 0 aromatic heterocycles. The molecule has 33 heavy (non-hydrogen) atoms. The van der Waals surface area contributed by atoms with E-state index in [4.69, 9.17) is 4.74 Å². The van der Waals surface area contributed by atoms with E-state index in [1.54, 1.807) is 24.3 Å². The van der Waals surface area contributed by atoms with Crippen molar-refractivity contribution in [3.05, 3.63) is 63.2 Å². The number of fused-ring (bicyclic) bond motifs is 1. The van der Waals surface area contributed by atoms with E-state index in [1.807, 2.05) is 4.90 Å². The van der Waals surface area contributed by atoms with Gasteiger partial charge in [-0.2, -0.15) is 0 Å². The predicted octanol–water partition coefficient (Wildman–Crippen LogP) is 3.76. The van der Waals surface area contributed by atoms with Gasteiger partial charge in [-0.05, 0) is 55.0 Å². The minimum Gasteiger partial charge on any atom is -0.454 e. The fraction of sp³-hybridized carbons (Fsp3) is 0.375. The molecule has 0 atom stereocenters. The molecule has 1 amide bonds. The Morgan fingerprint density at radius 2 is 1.91 bits per heavy atom. The largest absolute Gasteiger partial charge is 0.454 e. The number of aryl methyl sites for hydroxylation is 1. The van der Waals surface area contributed by atoms with Crippen molar-refractivity contribution in [1.82, 2.24) is 0 Å². The molecule has 0 bridgehead atoms. The maximum absolute atomic E-state index is 12.9. The van der Waals surface area contributed by atoms with Crippen LogP contribution >= 0.6 is 0 Å². The Labute approximate surface area is 190 Å². The number of benzene rings is 2. The van der Waals surface area contributed by atoms with Crippen molar-refractivity contribution in [3.8, 4) is 0 Å². The number of anilines is 2. The molecule has 2 heterocycles. The highest BCUT2D eigenvalue weighted by atomic mass is 16.6. The highest BCUT2D eigenvalue weighted by Gasteiger charge is 2.25. The van der Waals surface area contributed by atoms with Crippen molar-refractivity contribution < 1.29 is 24.0 Å². The monoisotopic (exact) mass is 451 g/mol. The van der Waals surface area contributed by atoms with Crippen molar-refractivity contribution in [3.63, 3.8) is 0 Å². The second kappa shape index (κ2) is 9.40. The molecule has 0 saturated carbocycles. The summed E-state index contributed by atoms with van der Waals surface area (Å²) in [6.45, 7) is 3.17. The molecular formula is C24H25N3O6. The number of ether oxygens (including phenoxy) is 1. The summed E-state index contributed by atoms with van der Waals surface area (Å²) >= 11 is 0. The van der Waals surface area contributed by atoms with Crippen LogP contribution in [0.5, 0.6) is 0 Å². The predicted molar refractivity (Wildman–Crippen MR) is 122 cm³/mol. The van der Waals surface area contributed by atoms with E-state index in [-0.39, 0.29) is 22.9 Å². The van der Waals surface area contributed by atoms with Crippen molar-refractivity contribution in [2.75, 3.05) is 29.9 Å². The van der Waals surface area contributed by atoms with E-state index in [0.29, 0.717) is 35.7 Å². The first-order valence-electron chi connectivity index (χ1n) is 11.0. The number of nitro benzene ring substituents is 1. The third kappa shape index (κ3) is 5.02. The van der Waals surface area contributed by atoms with Gasteiger partial charge < -0.3 is 15.0 Å². The van der Waals surface area contributed by atoms with E-state index in [2.05, 4.69) is 12.2 Å². The van der Waals surface area contributed by atoms with Gasteiger partial charge in [-0.1, -0.05) is 6.92 Å². The molecule has 1 saturated heterocycles. The molecule has 9 heteroatoms. The van der Waals surface area contributed by atoms with Gasteiger partial charge in [0.25, 0.3) is 5.69 Å². The van der Waals surface area contributed by atoms with Crippen LogP contribution in [0, 0.1) is 16.0 Å². The summed E-state index contributed by atoms with van der Waals surface area (Å²) in [5.41, 5.74) is 2.36. The Morgan fingerprint density at radius 3 is 2.64 bits per heavy atom. The summed E-state index contributed by atoms with van der Waals surface area (Å²) in [5, 5.41) is 14.0. The lowest BCUT2D eigenvalue weighted by Gasteiger charge is -2.33. The second-order valence-corrected chi connectivity index (χ2v) is 8.55. The molecule has 0 unspecified atom stereocenters. The maximum atomic E-state index is 12.9. The van der Waals surface area contributed by atoms with Gasteiger partial charge in [0.15, 0.2) is 12.4 Å². The van der Waals surface area contributed by atoms with Crippen LogP contribution in [0.1, 0.15) is 52.5 Å². The summed E-state index contributed by atoms with van der Waals surface area (Å²) < 4.78 is 5.29. The molecule has 1 N–H and O–H groups in total. The van der Waals surface area contributed by atoms with Gasteiger partial charge in [0.05, 0.1) is 16.2 Å². The topological polar surface area (TPSA) is 119 Å². The Bertz CT molecular complexity index is 1120. The average molecular weight is 451 g/mol. The highest BCUT2D eigenvalue weighted by molar-refractivity contribution is 6.02. The fourth-order valence-corrected chi connectivity index (χ4v) is 4.18. The number of carbonyl (C=O) groups excluding carboxylic acids is 3. The molecule has 2 aromatic rings. The Morgan fingerprint density at radius 1 is 1.15 bits per heavy atom. The van der Waals surface area contributed by atoms with E-state index in [9.17, 15) is 24.5 Å². The molecule has 2 aromatic carbocycles. The van der Waals surface area contributed by atoms with Crippen LogP contribution in [0.25, 0.3) is 0 Å². The minimum atomic E-state index is -0.772. The lowest BCUT2D eigenvalue weighted by molar-refractivity contribution is -0.384. The second-order valence-electron chi connectivity index (χ2n) is 8.55. The summed E-state index contributed by atoms with van der Waals surface area (Å²) in [6, 6.07) is 9.09. The van der Waals surface area contributed by atoms with Gasteiger partial charge in [-0.25, -0.2) is 4.79 Å². The van der Waals surface area contributed by atoms with E-state index in [1.165, 1.54) is 12.1 Å². The van der Waals surface area contributed by atoms with E-state index >= 15 is 0 Å². The number of esters is 1. The van der Waals surface area contributed by atoms with Crippen LogP contribution in [0.15, 0.2) is 36.4 Å². The minimum absolute atomic E-state index is 0.0635. The van der Waals surface area contributed by atoms with Crippen LogP contribution < -0.4 is 10.2 Å². The molecule has 0 radical (unpaired) electrons. The molecule has 9 nitrogen and oxygen atoms in total. The number of nitrogens with zero attached hydrogens (tertiary/aromatic N) is 2. The molecule has 2 aliphatic rings. The average Bonchev–Trinajstić information content (AvgIpc) is 2.82. The van der Waals surface area contributed by atoms with Crippen LogP contribution in [-0.4, -0.2) is 42.3 Å². The van der Waals surface area contributed by atoms with Gasteiger partial charge in [0.1, 0.15) is 0 Å². The molecule has 172 valence electrons. The third-order valence-corrected chi connectivity index (χ3v) is 6.19. The number of carbonyl (C=O) groups is 3. The van der Waals surface area contributed by atoms with Gasteiger partial charge in [0.2, 0.25) is 5.91 Å². The van der Waals surface area contributed by atoms with Crippen molar-refractivity contribution in [2.24, 2.45) is 5.92 Å². The molecule has 0 aliphatic carbocycles. The van der Waals surface area contributed by atoms with Crippen LogP contribution in [0.2, 0.25) is 0 Å². The lowest BCUT2D eigenvalue weighted by atomic mass is 9.98. The summed E-state index contributed by atoms with van der Waals surface area (Å²) in [7, 11) is 0. The Hall–Kier alpha value is -3.75. The van der Waals surface area contributed by atoms with Gasteiger partial charge in [0, 0.05) is 42.9 Å². The number of amides is 1. The Balaban J connectivity index is 1.49. The van der Waals surface area contributed by atoms with Gasteiger partial charge >= 0.3 is 5.97 Å². The number of hydrogen-bond acceptors (Lipinski definition) is 7. The summed E-state index contributed by atoms with van der Waals surface area (Å²) in [5.74, 6) is -0.642. The number of nitrogens with one attached hydrogen (secondary N) is 1. The first kappa shape index (κ1) is 22.4.